The van der Waals surface area contributed by atoms with Gasteiger partial charge in [0.25, 0.3) is 0 Å². The van der Waals surface area contributed by atoms with Crippen LogP contribution < -0.4 is 15.5 Å². The summed E-state index contributed by atoms with van der Waals surface area (Å²) in [6.07, 6.45) is 0. The van der Waals surface area contributed by atoms with Gasteiger partial charge in [-0.05, 0) is 60.7 Å². The third-order valence-corrected chi connectivity index (χ3v) is 3.82. The fourth-order valence-corrected chi connectivity index (χ4v) is 2.28. The number of nitrogens with one attached hydrogen (secondary N) is 2. The Hall–Kier alpha value is -1.92. The van der Waals surface area contributed by atoms with Crippen LogP contribution in [0.3, 0.4) is 0 Å². The fourth-order valence-electron chi connectivity index (χ4n) is 1.78. The van der Waals surface area contributed by atoms with E-state index in [4.69, 9.17) is 12.2 Å². The van der Waals surface area contributed by atoms with Gasteiger partial charge in [0.2, 0.25) is 5.91 Å². The monoisotopic (exact) mass is 377 g/mol. The van der Waals surface area contributed by atoms with Gasteiger partial charge in [0.05, 0.1) is 0 Å². The molecule has 0 aliphatic heterocycles. The highest BCUT2D eigenvalue weighted by Gasteiger charge is 2.05. The molecule has 0 heterocycles. The Bertz CT molecular complexity index is 671. The number of halogens is 1. The summed E-state index contributed by atoms with van der Waals surface area (Å²) in [6.45, 7) is 1.53. The number of hydrogen-bond donors (Lipinski definition) is 2. The van der Waals surface area contributed by atoms with Crippen LogP contribution in [0.2, 0.25) is 0 Å². The Morgan fingerprint density at radius 1 is 1.00 bits per heavy atom. The molecule has 2 aromatic carbocycles. The van der Waals surface area contributed by atoms with E-state index in [1.807, 2.05) is 48.5 Å². The van der Waals surface area contributed by atoms with E-state index in [0.717, 1.165) is 21.5 Å². The molecule has 0 fully saturated rings. The van der Waals surface area contributed by atoms with Crippen molar-refractivity contribution in [3.8, 4) is 0 Å². The minimum absolute atomic E-state index is 0.00636. The number of anilines is 3. The van der Waals surface area contributed by atoms with Gasteiger partial charge >= 0.3 is 0 Å². The minimum Gasteiger partial charge on any atom is -0.332 e. The zero-order valence-corrected chi connectivity index (χ0v) is 14.7. The lowest BCUT2D eigenvalue weighted by Gasteiger charge is -2.16. The maximum atomic E-state index is 11.3. The number of carbonyl (C=O) groups is 1. The van der Waals surface area contributed by atoms with Crippen molar-refractivity contribution in [2.75, 3.05) is 22.6 Å². The molecule has 0 spiro atoms. The first-order valence-corrected chi connectivity index (χ1v) is 7.84. The van der Waals surface area contributed by atoms with E-state index < -0.39 is 0 Å². The minimum atomic E-state index is -0.00636. The van der Waals surface area contributed by atoms with Crippen molar-refractivity contribution in [3.05, 3.63) is 53.0 Å². The number of amides is 1. The molecule has 0 atom stereocenters. The molecule has 0 radical (unpaired) electrons. The first-order valence-electron chi connectivity index (χ1n) is 6.63. The summed E-state index contributed by atoms with van der Waals surface area (Å²) >= 11 is 8.67. The van der Waals surface area contributed by atoms with E-state index in [1.54, 1.807) is 11.9 Å². The third kappa shape index (κ3) is 4.54. The number of carbonyl (C=O) groups excluding carboxylic acids is 1. The Labute approximate surface area is 143 Å². The van der Waals surface area contributed by atoms with E-state index in [0.29, 0.717) is 5.11 Å². The Kier molecular flexibility index (Phi) is 5.51. The number of rotatable bonds is 3. The quantitative estimate of drug-likeness (QED) is 0.785. The molecular formula is C16H16BrN3OS. The smallest absolute Gasteiger partial charge is 0.223 e. The molecule has 0 aromatic heterocycles. The van der Waals surface area contributed by atoms with Gasteiger partial charge in [0, 0.05) is 35.5 Å². The molecule has 22 heavy (non-hydrogen) atoms. The van der Waals surface area contributed by atoms with Gasteiger partial charge < -0.3 is 15.5 Å². The molecule has 2 N–H and O–H groups in total. The molecule has 4 nitrogen and oxygen atoms in total. The molecule has 6 heteroatoms. The number of nitrogens with zero attached hydrogens (tertiary/aromatic N) is 1. The second-order valence-electron chi connectivity index (χ2n) is 4.71. The van der Waals surface area contributed by atoms with Crippen LogP contribution in [0, 0.1) is 0 Å². The molecule has 0 saturated heterocycles. The predicted molar refractivity (Wildman–Crippen MR) is 99.5 cm³/mol. The third-order valence-electron chi connectivity index (χ3n) is 3.09. The maximum absolute atomic E-state index is 11.3. The summed E-state index contributed by atoms with van der Waals surface area (Å²) in [4.78, 5) is 12.9. The van der Waals surface area contributed by atoms with Crippen molar-refractivity contribution in [1.82, 2.24) is 0 Å². The van der Waals surface area contributed by atoms with Crippen LogP contribution in [0.25, 0.3) is 0 Å². The lowest BCUT2D eigenvalue weighted by Crippen LogP contribution is -2.23. The zero-order valence-electron chi connectivity index (χ0n) is 12.3. The summed E-state index contributed by atoms with van der Waals surface area (Å²) in [5.41, 5.74) is 2.61. The lowest BCUT2D eigenvalue weighted by atomic mass is 10.2. The summed E-state index contributed by atoms with van der Waals surface area (Å²) < 4.78 is 1.02. The summed E-state index contributed by atoms with van der Waals surface area (Å²) in [6, 6.07) is 15.2. The van der Waals surface area contributed by atoms with Crippen LogP contribution in [-0.2, 0) is 4.79 Å². The van der Waals surface area contributed by atoms with Crippen molar-refractivity contribution in [2.24, 2.45) is 0 Å². The number of benzene rings is 2. The summed E-state index contributed by atoms with van der Waals surface area (Å²) in [5, 5.41) is 6.72. The van der Waals surface area contributed by atoms with E-state index in [2.05, 4.69) is 26.6 Å². The lowest BCUT2D eigenvalue weighted by molar-refractivity contribution is -0.116. The highest BCUT2D eigenvalue weighted by atomic mass is 79.9. The molecule has 0 unspecified atom stereocenters. The standard InChI is InChI=1S/C16H16BrN3OS/c1-11(21)20(2)15-9-7-14(8-10-15)19-16(22)18-13-5-3-12(17)4-6-13/h3-10H,1-2H3,(H2,18,19,22). The Balaban J connectivity index is 1.97. The second-order valence-corrected chi connectivity index (χ2v) is 6.03. The van der Waals surface area contributed by atoms with Gasteiger partial charge in [0.15, 0.2) is 5.11 Å². The highest BCUT2D eigenvalue weighted by Crippen LogP contribution is 2.18. The number of hydrogen-bond acceptors (Lipinski definition) is 2. The molecular weight excluding hydrogens is 362 g/mol. The van der Waals surface area contributed by atoms with E-state index in [1.165, 1.54) is 6.92 Å². The van der Waals surface area contributed by atoms with Crippen molar-refractivity contribution in [2.45, 2.75) is 6.92 Å². The van der Waals surface area contributed by atoms with E-state index in [9.17, 15) is 4.79 Å². The Morgan fingerprint density at radius 3 is 1.91 bits per heavy atom. The molecule has 0 aliphatic rings. The fraction of sp³-hybridized carbons (Fsp3) is 0.125. The van der Waals surface area contributed by atoms with Crippen LogP contribution >= 0.6 is 28.1 Å². The van der Waals surface area contributed by atoms with Gasteiger partial charge in [-0.25, -0.2) is 0 Å². The zero-order chi connectivity index (χ0) is 16.1. The summed E-state index contributed by atoms with van der Waals surface area (Å²) in [5.74, 6) is -0.00636. The maximum Gasteiger partial charge on any atom is 0.223 e. The van der Waals surface area contributed by atoms with Gasteiger partial charge in [-0.2, -0.15) is 0 Å². The van der Waals surface area contributed by atoms with Gasteiger partial charge in [-0.15, -0.1) is 0 Å². The molecule has 0 saturated carbocycles. The topological polar surface area (TPSA) is 44.4 Å². The van der Waals surface area contributed by atoms with Crippen molar-refractivity contribution in [3.63, 3.8) is 0 Å². The normalized spacial score (nSPS) is 9.95. The average Bonchev–Trinajstić information content (AvgIpc) is 2.49. The summed E-state index contributed by atoms with van der Waals surface area (Å²) in [7, 11) is 1.74. The SMILES string of the molecule is CC(=O)N(C)c1ccc(NC(=S)Nc2ccc(Br)cc2)cc1. The van der Waals surface area contributed by atoms with Gasteiger partial charge in [-0.1, -0.05) is 15.9 Å². The predicted octanol–water partition coefficient (Wildman–Crippen LogP) is 4.24. The second kappa shape index (κ2) is 7.38. The molecule has 114 valence electrons. The average molecular weight is 378 g/mol. The largest absolute Gasteiger partial charge is 0.332 e. The van der Waals surface area contributed by atoms with Crippen molar-refractivity contribution >= 4 is 56.2 Å². The van der Waals surface area contributed by atoms with Crippen molar-refractivity contribution in [1.29, 1.82) is 0 Å². The van der Waals surface area contributed by atoms with Gasteiger partial charge in [-0.3, -0.25) is 4.79 Å². The molecule has 0 aliphatic carbocycles. The molecule has 2 rings (SSSR count). The van der Waals surface area contributed by atoms with Crippen LogP contribution in [0.4, 0.5) is 17.1 Å². The van der Waals surface area contributed by atoms with Crippen LogP contribution in [0.5, 0.6) is 0 Å². The van der Waals surface area contributed by atoms with Crippen molar-refractivity contribution < 1.29 is 4.79 Å². The van der Waals surface area contributed by atoms with Crippen LogP contribution in [-0.4, -0.2) is 18.1 Å². The van der Waals surface area contributed by atoms with Gasteiger partial charge in [0.1, 0.15) is 0 Å². The van der Waals surface area contributed by atoms with E-state index in [-0.39, 0.29) is 5.91 Å². The van der Waals surface area contributed by atoms with Crippen LogP contribution in [0.1, 0.15) is 6.92 Å². The number of thiocarbonyl (C=S) groups is 1. The highest BCUT2D eigenvalue weighted by molar-refractivity contribution is 9.10. The van der Waals surface area contributed by atoms with E-state index >= 15 is 0 Å². The van der Waals surface area contributed by atoms with Crippen LogP contribution in [0.15, 0.2) is 53.0 Å². The Morgan fingerprint density at radius 2 is 1.45 bits per heavy atom. The molecule has 0 bridgehead atoms. The molecule has 2 aromatic rings. The first kappa shape index (κ1) is 16.5. The first-order chi connectivity index (χ1) is 10.5. The molecule has 1 amide bonds.